The lowest BCUT2D eigenvalue weighted by molar-refractivity contribution is 0.0357. The highest BCUT2D eigenvalue weighted by Crippen LogP contribution is 2.28. The predicted molar refractivity (Wildman–Crippen MR) is 169 cm³/mol. The molecule has 0 aliphatic carbocycles. The fourth-order valence-corrected chi connectivity index (χ4v) is 4.95. The molecule has 0 radical (unpaired) electrons. The second kappa shape index (κ2) is 15.8. The van der Waals surface area contributed by atoms with Crippen molar-refractivity contribution in [3.8, 4) is 5.75 Å². The van der Waals surface area contributed by atoms with Crippen LogP contribution in [0.25, 0.3) is 0 Å². The minimum absolute atomic E-state index is 0.0465. The summed E-state index contributed by atoms with van der Waals surface area (Å²) in [6.45, 7) is 4.52. The van der Waals surface area contributed by atoms with Gasteiger partial charge in [-0.15, -0.1) is 0 Å². The highest BCUT2D eigenvalue weighted by Gasteiger charge is 2.20. The molecule has 1 aliphatic heterocycles. The molecule has 0 saturated carbocycles. The Kier molecular flexibility index (Phi) is 11.8. The van der Waals surface area contributed by atoms with E-state index >= 15 is 0 Å². The molecule has 4 N–H and O–H groups in total. The van der Waals surface area contributed by atoms with Gasteiger partial charge in [-0.1, -0.05) is 47.5 Å². The molecule has 1 saturated heterocycles. The molecular weight excluding hydrogens is 630 g/mol. The molecule has 1 heterocycles. The summed E-state index contributed by atoms with van der Waals surface area (Å²) in [4.78, 5) is 27.0. The average molecular weight is 661 g/mol. The van der Waals surface area contributed by atoms with Crippen molar-refractivity contribution in [2.24, 2.45) is 0 Å². The third-order valence-corrected chi connectivity index (χ3v) is 7.56. The van der Waals surface area contributed by atoms with E-state index in [1.165, 1.54) is 18.2 Å². The number of morpholine rings is 1. The first-order chi connectivity index (χ1) is 21.6. The number of nitrogens with zero attached hydrogens (tertiary/aromatic N) is 1. The Morgan fingerprint density at radius 1 is 0.733 bits per heavy atom. The molecular formula is C33H30Cl2F3N3O4. The number of carbonyl (C=O) groups excluding carboxylic acids is 2. The number of nitrogens with two attached hydrogens (primary N) is 2. The topological polar surface area (TPSA) is 108 Å². The molecule has 7 nitrogen and oxygen atoms in total. The third kappa shape index (κ3) is 8.76. The smallest absolute Gasteiger partial charge is 0.196 e. The zero-order valence-electron chi connectivity index (χ0n) is 24.0. The van der Waals surface area contributed by atoms with Crippen molar-refractivity contribution in [3.63, 3.8) is 0 Å². The van der Waals surface area contributed by atoms with Gasteiger partial charge in [0.1, 0.15) is 0 Å². The van der Waals surface area contributed by atoms with E-state index < -0.39 is 29.0 Å². The SMILES string of the molecule is Nc1cc(F)c(F)cc1C(=O)c1ccccc1Cl.Nc1cc(OCCCN2CCOCC2)c(F)cc1C(=O)c1ccccc1Cl. The van der Waals surface area contributed by atoms with E-state index in [1.807, 2.05) is 0 Å². The normalized spacial score (nSPS) is 13.1. The largest absolute Gasteiger partial charge is 0.490 e. The lowest BCUT2D eigenvalue weighted by Gasteiger charge is -2.26. The van der Waals surface area contributed by atoms with E-state index in [9.17, 15) is 22.8 Å². The molecule has 0 atom stereocenters. The monoisotopic (exact) mass is 659 g/mol. The van der Waals surface area contributed by atoms with Crippen molar-refractivity contribution in [3.05, 3.63) is 123 Å². The number of nitrogen functional groups attached to an aromatic ring is 2. The summed E-state index contributed by atoms with van der Waals surface area (Å²) in [6.07, 6.45) is 0.764. The third-order valence-electron chi connectivity index (χ3n) is 6.90. The van der Waals surface area contributed by atoms with Crippen molar-refractivity contribution < 1.29 is 32.2 Å². The first-order valence-corrected chi connectivity index (χ1v) is 14.7. The molecule has 4 aromatic rings. The van der Waals surface area contributed by atoms with Crippen molar-refractivity contribution in [2.45, 2.75) is 6.42 Å². The summed E-state index contributed by atoms with van der Waals surface area (Å²) < 4.78 is 51.3. The summed E-state index contributed by atoms with van der Waals surface area (Å²) in [5.41, 5.74) is 11.9. The van der Waals surface area contributed by atoms with Crippen molar-refractivity contribution >= 4 is 46.1 Å². The van der Waals surface area contributed by atoms with Crippen LogP contribution in [0.5, 0.6) is 5.75 Å². The van der Waals surface area contributed by atoms with Gasteiger partial charge in [0.2, 0.25) is 0 Å². The van der Waals surface area contributed by atoms with Crippen LogP contribution in [-0.2, 0) is 4.74 Å². The van der Waals surface area contributed by atoms with Gasteiger partial charge in [-0.2, -0.15) is 0 Å². The summed E-state index contributed by atoms with van der Waals surface area (Å²) in [5.74, 6) is -3.76. The van der Waals surface area contributed by atoms with Crippen LogP contribution in [0.2, 0.25) is 10.0 Å². The Hall–Kier alpha value is -4.09. The van der Waals surface area contributed by atoms with Gasteiger partial charge in [0.25, 0.3) is 0 Å². The first-order valence-electron chi connectivity index (χ1n) is 13.9. The number of halogens is 5. The van der Waals surface area contributed by atoms with Crippen LogP contribution in [0.4, 0.5) is 24.5 Å². The Balaban J connectivity index is 0.000000222. The van der Waals surface area contributed by atoms with E-state index in [0.29, 0.717) is 11.6 Å². The lowest BCUT2D eigenvalue weighted by atomic mass is 10.0. The molecule has 4 aromatic carbocycles. The van der Waals surface area contributed by atoms with Crippen molar-refractivity contribution in [2.75, 3.05) is 50.9 Å². The minimum Gasteiger partial charge on any atom is -0.490 e. The van der Waals surface area contributed by atoms with Gasteiger partial charge in [0.05, 0.1) is 29.9 Å². The van der Waals surface area contributed by atoms with Gasteiger partial charge in [-0.25, -0.2) is 13.2 Å². The maximum absolute atomic E-state index is 14.4. The number of anilines is 2. The lowest BCUT2D eigenvalue weighted by Crippen LogP contribution is -2.37. The fraction of sp³-hybridized carbons (Fsp3) is 0.212. The summed E-state index contributed by atoms with van der Waals surface area (Å²) in [5, 5.41) is 0.525. The summed E-state index contributed by atoms with van der Waals surface area (Å²) in [7, 11) is 0. The summed E-state index contributed by atoms with van der Waals surface area (Å²) in [6, 6.07) is 16.9. The second-order valence-corrected chi connectivity index (χ2v) is 10.8. The molecule has 0 aromatic heterocycles. The maximum Gasteiger partial charge on any atom is 0.196 e. The maximum atomic E-state index is 14.4. The molecule has 236 valence electrons. The molecule has 1 aliphatic rings. The van der Waals surface area contributed by atoms with E-state index in [4.69, 9.17) is 44.1 Å². The standard InChI is InChI=1S/C20H22ClFN2O3.C13H8ClF2NO/c21-16-5-2-1-4-14(16)20(25)15-12-17(22)19(13-18(15)23)27-9-3-6-24-7-10-26-11-8-24;14-9-4-2-1-3-7(9)13(18)8-5-10(15)11(16)6-12(8)17/h1-2,4-5,12-13H,3,6-11,23H2;1-6H,17H2. The quantitative estimate of drug-likeness (QED) is 0.115. The van der Waals surface area contributed by atoms with Crippen LogP contribution < -0.4 is 16.2 Å². The number of ether oxygens (including phenoxy) is 2. The number of carbonyl (C=O) groups is 2. The summed E-state index contributed by atoms with van der Waals surface area (Å²) >= 11 is 11.9. The molecule has 0 bridgehead atoms. The van der Waals surface area contributed by atoms with E-state index in [0.717, 1.165) is 57.5 Å². The van der Waals surface area contributed by atoms with Crippen LogP contribution in [0.15, 0.2) is 72.8 Å². The molecule has 0 amide bonds. The minimum atomic E-state index is -1.13. The number of hydrogen-bond donors (Lipinski definition) is 2. The zero-order valence-corrected chi connectivity index (χ0v) is 25.5. The van der Waals surface area contributed by atoms with Crippen LogP contribution in [0.3, 0.4) is 0 Å². The van der Waals surface area contributed by atoms with Crippen molar-refractivity contribution in [1.82, 2.24) is 4.90 Å². The highest BCUT2D eigenvalue weighted by molar-refractivity contribution is 6.35. The van der Waals surface area contributed by atoms with Gasteiger partial charge in [-0.3, -0.25) is 14.5 Å². The van der Waals surface area contributed by atoms with E-state index in [-0.39, 0.29) is 44.4 Å². The Morgan fingerprint density at radius 3 is 1.78 bits per heavy atom. The van der Waals surface area contributed by atoms with Gasteiger partial charge >= 0.3 is 0 Å². The Morgan fingerprint density at radius 2 is 1.22 bits per heavy atom. The number of hydrogen-bond acceptors (Lipinski definition) is 7. The van der Waals surface area contributed by atoms with E-state index in [2.05, 4.69) is 4.90 Å². The van der Waals surface area contributed by atoms with Crippen LogP contribution in [0.1, 0.15) is 38.3 Å². The van der Waals surface area contributed by atoms with Gasteiger partial charge in [-0.05, 0) is 42.8 Å². The number of rotatable bonds is 9. The molecule has 5 rings (SSSR count). The molecule has 0 unspecified atom stereocenters. The fourth-order valence-electron chi connectivity index (χ4n) is 4.51. The highest BCUT2D eigenvalue weighted by atomic mass is 35.5. The number of ketones is 2. The average Bonchev–Trinajstić information content (AvgIpc) is 3.03. The number of benzene rings is 4. The Labute approximate surface area is 268 Å². The van der Waals surface area contributed by atoms with Gasteiger partial charge in [0.15, 0.2) is 34.8 Å². The molecule has 0 spiro atoms. The predicted octanol–water partition coefficient (Wildman–Crippen LogP) is 6.82. The second-order valence-electron chi connectivity index (χ2n) is 10.00. The van der Waals surface area contributed by atoms with Crippen LogP contribution in [0, 0.1) is 17.5 Å². The van der Waals surface area contributed by atoms with Gasteiger partial charge in [0, 0.05) is 65.4 Å². The molecule has 1 fully saturated rings. The van der Waals surface area contributed by atoms with E-state index in [1.54, 1.807) is 36.4 Å². The van der Waals surface area contributed by atoms with Crippen molar-refractivity contribution in [1.29, 1.82) is 0 Å². The Bertz CT molecular complexity index is 1680. The van der Waals surface area contributed by atoms with Crippen LogP contribution >= 0.6 is 23.2 Å². The first kappa shape index (κ1) is 33.8. The molecule has 45 heavy (non-hydrogen) atoms. The van der Waals surface area contributed by atoms with Gasteiger partial charge < -0.3 is 20.9 Å². The molecule has 12 heteroatoms. The zero-order chi connectivity index (χ0) is 32.5. The van der Waals surface area contributed by atoms with Crippen LogP contribution in [-0.4, -0.2) is 55.9 Å².